The second kappa shape index (κ2) is 13.1. The van der Waals surface area contributed by atoms with Crippen LogP contribution in [-0.2, 0) is 14.8 Å². The van der Waals surface area contributed by atoms with Gasteiger partial charge in [0, 0.05) is 24.5 Å². The van der Waals surface area contributed by atoms with Crippen molar-refractivity contribution in [3.05, 3.63) is 76.7 Å². The van der Waals surface area contributed by atoms with Crippen LogP contribution in [0.1, 0.15) is 29.6 Å². The molecule has 1 heterocycles. The monoisotopic (exact) mass is 606 g/mol. The number of nitrogens with one attached hydrogen (secondary N) is 3. The quantitative estimate of drug-likeness (QED) is 0.142. The molecule has 2 aromatic carbocycles. The molecular weight excluding hydrogens is 583 g/mol. The first-order chi connectivity index (χ1) is 18.1. The lowest BCUT2D eigenvalue weighted by molar-refractivity contribution is -0.131. The number of nitrogens with zero attached hydrogens (tertiary/aromatic N) is 2. The zero-order valence-corrected chi connectivity index (χ0v) is 22.2. The van der Waals surface area contributed by atoms with Crippen molar-refractivity contribution in [2.45, 2.75) is 24.2 Å². The van der Waals surface area contributed by atoms with E-state index in [1.807, 2.05) is 0 Å². The number of allylic oxidation sites excluding steroid dienone is 1. The highest BCUT2D eigenvalue weighted by Crippen LogP contribution is 2.28. The van der Waals surface area contributed by atoms with Gasteiger partial charge in [-0.2, -0.15) is 4.98 Å². The summed E-state index contributed by atoms with van der Waals surface area (Å²) >= 11 is 3.30. The number of primary amides is 1. The van der Waals surface area contributed by atoms with Crippen LogP contribution in [0.3, 0.4) is 0 Å². The maximum absolute atomic E-state index is 14.1. The van der Waals surface area contributed by atoms with Gasteiger partial charge in [0.05, 0.1) is 20.6 Å². The molecule has 0 saturated carbocycles. The minimum atomic E-state index is -3.72. The van der Waals surface area contributed by atoms with E-state index in [0.29, 0.717) is 29.4 Å². The highest BCUT2D eigenvalue weighted by molar-refractivity contribution is 9.10. The average Bonchev–Trinajstić information content (AvgIpc) is 2.85. The first kappa shape index (κ1) is 28.7. The summed E-state index contributed by atoms with van der Waals surface area (Å²) < 4.78 is 42.1. The second-order valence-corrected chi connectivity index (χ2v) is 10.4. The molecule has 11 nitrogen and oxygen atoms in total. The fraction of sp³-hybridized carbons (Fsp3) is 0.167. The van der Waals surface area contributed by atoms with Gasteiger partial charge in [-0.15, -0.1) is 0 Å². The molecule has 3 aromatic rings. The lowest BCUT2D eigenvalue weighted by Gasteiger charge is -2.13. The number of carbonyl (C=O) groups is 2. The van der Waals surface area contributed by atoms with Gasteiger partial charge in [0.15, 0.2) is 0 Å². The standard InChI is InChI=1S/C24H24BrFN6O5S/c25-17-14-28-24(32-23(17)31-19-7-5-6-18(26)21(19)22(27)35)30-15-9-11-16(12-10-15)38(36,37)29-13-4-2-1-3-8-20(33)34/h3,5-12,14,29H,1-2,4,13H2,(H2,27,35)(H,33,34)(H2,28,30,31,32)/b8-3+. The summed E-state index contributed by atoms with van der Waals surface area (Å²) in [5, 5.41) is 14.4. The number of hydrogen-bond acceptors (Lipinski definition) is 8. The molecule has 3 rings (SSSR count). The number of benzene rings is 2. The van der Waals surface area contributed by atoms with E-state index in [2.05, 4.69) is 41.3 Å². The molecule has 0 atom stereocenters. The van der Waals surface area contributed by atoms with Crippen LogP contribution in [0.15, 0.2) is 70.2 Å². The Bertz CT molecular complexity index is 1450. The maximum Gasteiger partial charge on any atom is 0.327 e. The maximum atomic E-state index is 14.1. The molecule has 0 aliphatic rings. The van der Waals surface area contributed by atoms with Crippen LogP contribution in [0.5, 0.6) is 0 Å². The molecule has 200 valence electrons. The van der Waals surface area contributed by atoms with E-state index in [0.717, 1.165) is 12.1 Å². The number of sulfonamides is 1. The normalized spacial score (nSPS) is 11.4. The van der Waals surface area contributed by atoms with Crippen molar-refractivity contribution in [2.75, 3.05) is 17.2 Å². The molecule has 0 aliphatic heterocycles. The molecule has 1 amide bonds. The van der Waals surface area contributed by atoms with Crippen LogP contribution in [0.4, 0.5) is 27.5 Å². The Morgan fingerprint density at radius 2 is 1.84 bits per heavy atom. The number of carbonyl (C=O) groups excluding carboxylic acids is 1. The number of aliphatic carboxylic acids is 1. The van der Waals surface area contributed by atoms with Crippen molar-refractivity contribution in [2.24, 2.45) is 5.73 Å². The van der Waals surface area contributed by atoms with E-state index < -0.39 is 27.7 Å². The Balaban J connectivity index is 1.63. The summed E-state index contributed by atoms with van der Waals surface area (Å²) in [6.45, 7) is 0.217. The van der Waals surface area contributed by atoms with Gasteiger partial charge in [0.2, 0.25) is 16.0 Å². The number of carboxylic acids is 1. The predicted octanol–water partition coefficient (Wildman–Crippen LogP) is 4.05. The van der Waals surface area contributed by atoms with Crippen molar-refractivity contribution in [1.29, 1.82) is 0 Å². The Morgan fingerprint density at radius 1 is 1.11 bits per heavy atom. The molecular formula is C24H24BrFN6O5S. The summed E-state index contributed by atoms with van der Waals surface area (Å²) in [6.07, 6.45) is 5.76. The molecule has 0 spiro atoms. The number of carboxylic acid groups (broad SMARTS) is 1. The second-order valence-electron chi connectivity index (χ2n) is 7.83. The minimum absolute atomic E-state index is 0.0676. The lowest BCUT2D eigenvalue weighted by atomic mass is 10.1. The molecule has 0 saturated heterocycles. The van der Waals surface area contributed by atoms with Gasteiger partial charge in [-0.1, -0.05) is 12.1 Å². The van der Waals surface area contributed by atoms with Crippen molar-refractivity contribution in [3.63, 3.8) is 0 Å². The van der Waals surface area contributed by atoms with E-state index >= 15 is 0 Å². The summed E-state index contributed by atoms with van der Waals surface area (Å²) in [4.78, 5) is 30.6. The number of anilines is 4. The van der Waals surface area contributed by atoms with Crippen molar-refractivity contribution >= 4 is 61.0 Å². The Labute approximate surface area is 226 Å². The topological polar surface area (TPSA) is 176 Å². The predicted molar refractivity (Wildman–Crippen MR) is 143 cm³/mol. The minimum Gasteiger partial charge on any atom is -0.478 e. The highest BCUT2D eigenvalue weighted by Gasteiger charge is 2.16. The summed E-state index contributed by atoms with van der Waals surface area (Å²) in [7, 11) is -3.72. The van der Waals surface area contributed by atoms with Gasteiger partial charge < -0.3 is 21.5 Å². The van der Waals surface area contributed by atoms with E-state index in [4.69, 9.17) is 10.8 Å². The SMILES string of the molecule is NC(=O)c1c(F)cccc1Nc1nc(Nc2ccc(S(=O)(=O)NCCCC/C=C/C(=O)O)cc2)ncc1Br. The van der Waals surface area contributed by atoms with Gasteiger partial charge in [-0.25, -0.2) is 27.3 Å². The summed E-state index contributed by atoms with van der Waals surface area (Å²) in [5.41, 5.74) is 5.62. The van der Waals surface area contributed by atoms with Crippen molar-refractivity contribution in [1.82, 2.24) is 14.7 Å². The van der Waals surface area contributed by atoms with Crippen LogP contribution in [0, 0.1) is 5.82 Å². The zero-order valence-electron chi connectivity index (χ0n) is 19.8. The van der Waals surface area contributed by atoms with Gasteiger partial charge >= 0.3 is 5.97 Å². The first-order valence-electron chi connectivity index (χ1n) is 11.2. The first-order valence-corrected chi connectivity index (χ1v) is 13.5. The van der Waals surface area contributed by atoms with Gasteiger partial charge in [-0.05, 0) is 71.6 Å². The smallest absolute Gasteiger partial charge is 0.327 e. The van der Waals surface area contributed by atoms with Gasteiger partial charge in [0.25, 0.3) is 5.91 Å². The number of halogens is 2. The molecule has 0 unspecified atom stereocenters. The third-order valence-electron chi connectivity index (χ3n) is 5.03. The largest absolute Gasteiger partial charge is 0.478 e. The van der Waals surface area contributed by atoms with Crippen molar-refractivity contribution in [3.8, 4) is 0 Å². The number of nitrogens with two attached hydrogens (primary N) is 1. The highest BCUT2D eigenvalue weighted by atomic mass is 79.9. The zero-order chi connectivity index (χ0) is 27.7. The summed E-state index contributed by atoms with van der Waals surface area (Å²) in [5.74, 6) is -2.35. The third-order valence-corrected chi connectivity index (χ3v) is 7.09. The number of hydrogen-bond donors (Lipinski definition) is 5. The Morgan fingerprint density at radius 3 is 2.53 bits per heavy atom. The van der Waals surface area contributed by atoms with E-state index in [1.165, 1.54) is 36.5 Å². The van der Waals surface area contributed by atoms with Crippen molar-refractivity contribution < 1.29 is 27.5 Å². The van der Waals surface area contributed by atoms with Crippen LogP contribution < -0.4 is 21.1 Å². The molecule has 1 aromatic heterocycles. The molecule has 6 N–H and O–H groups in total. The van der Waals surface area contributed by atoms with Crippen LogP contribution >= 0.6 is 15.9 Å². The lowest BCUT2D eigenvalue weighted by Crippen LogP contribution is -2.24. The van der Waals surface area contributed by atoms with E-state index in [1.54, 1.807) is 12.1 Å². The fourth-order valence-corrected chi connectivity index (χ4v) is 4.59. The molecule has 0 aliphatic carbocycles. The average molecular weight is 607 g/mol. The Kier molecular flexibility index (Phi) is 9.87. The Hall–Kier alpha value is -3.88. The number of amides is 1. The summed E-state index contributed by atoms with van der Waals surface area (Å²) in [6, 6.07) is 9.95. The van der Waals surface area contributed by atoms with Crippen LogP contribution in [0.25, 0.3) is 0 Å². The van der Waals surface area contributed by atoms with Gasteiger partial charge in [0.1, 0.15) is 11.6 Å². The molecule has 14 heteroatoms. The third kappa shape index (κ3) is 8.06. The van der Waals surface area contributed by atoms with E-state index in [-0.39, 0.29) is 34.5 Å². The molecule has 0 radical (unpaired) electrons. The number of aromatic nitrogens is 2. The van der Waals surface area contributed by atoms with E-state index in [9.17, 15) is 22.4 Å². The molecule has 38 heavy (non-hydrogen) atoms. The van der Waals surface area contributed by atoms with Gasteiger partial charge in [-0.3, -0.25) is 4.79 Å². The fourth-order valence-electron chi connectivity index (χ4n) is 3.23. The number of unbranched alkanes of at least 4 members (excludes halogenated alkanes) is 2. The van der Waals surface area contributed by atoms with Crippen LogP contribution in [0.2, 0.25) is 0 Å². The molecule has 0 bridgehead atoms. The molecule has 0 fully saturated rings. The van der Waals surface area contributed by atoms with Crippen LogP contribution in [-0.4, -0.2) is 41.9 Å². The number of rotatable bonds is 13.